The van der Waals surface area contributed by atoms with Gasteiger partial charge in [-0.25, -0.2) is 4.98 Å². The number of nitrogens with one attached hydrogen (secondary N) is 1. The number of methoxy groups -OCH3 is 1. The van der Waals surface area contributed by atoms with Gasteiger partial charge in [0.25, 0.3) is 0 Å². The molecule has 1 rings (SSSR count). The molecule has 0 saturated carbocycles. The van der Waals surface area contributed by atoms with Crippen LogP contribution < -0.4 is 10.2 Å². The summed E-state index contributed by atoms with van der Waals surface area (Å²) in [5.41, 5.74) is 1.04. The van der Waals surface area contributed by atoms with Crippen LogP contribution in [0.4, 0.5) is 5.82 Å². The first kappa shape index (κ1) is 15.9. The van der Waals surface area contributed by atoms with Crippen LogP contribution in [0.15, 0.2) is 12.4 Å². The Balaban J connectivity index is 2.60. The number of nitrogens with zero attached hydrogens (tertiary/aromatic N) is 3. The van der Waals surface area contributed by atoms with Gasteiger partial charge in [0.2, 0.25) is 0 Å². The van der Waals surface area contributed by atoms with Crippen LogP contribution in [0.1, 0.15) is 33.4 Å². The van der Waals surface area contributed by atoms with Gasteiger partial charge in [0.1, 0.15) is 5.82 Å². The molecule has 1 heterocycles. The largest absolute Gasteiger partial charge is 0.383 e. The number of aromatic nitrogens is 2. The van der Waals surface area contributed by atoms with Gasteiger partial charge in [0, 0.05) is 26.2 Å². The summed E-state index contributed by atoms with van der Waals surface area (Å²) in [4.78, 5) is 11.0. The maximum Gasteiger partial charge on any atom is 0.147 e. The summed E-state index contributed by atoms with van der Waals surface area (Å²) in [5, 5.41) is 3.39. The molecule has 0 radical (unpaired) electrons. The topological polar surface area (TPSA) is 50.3 Å². The molecule has 0 amide bonds. The fraction of sp³-hybridized carbons (Fsp3) is 0.714. The minimum absolute atomic E-state index is 0.0874. The van der Waals surface area contributed by atoms with Gasteiger partial charge in [-0.05, 0) is 27.7 Å². The molecule has 0 saturated heterocycles. The predicted molar refractivity (Wildman–Crippen MR) is 78.4 cm³/mol. The Morgan fingerprint density at radius 3 is 2.47 bits per heavy atom. The third-order valence-electron chi connectivity index (χ3n) is 2.92. The second kappa shape index (κ2) is 6.82. The molecule has 0 aliphatic rings. The van der Waals surface area contributed by atoms with Crippen LogP contribution in [0.2, 0.25) is 0 Å². The van der Waals surface area contributed by atoms with Gasteiger partial charge >= 0.3 is 0 Å². The molecule has 1 unspecified atom stereocenters. The summed E-state index contributed by atoms with van der Waals surface area (Å²) in [5.74, 6) is 0.865. The summed E-state index contributed by atoms with van der Waals surface area (Å²) >= 11 is 0. The molecule has 0 aliphatic heterocycles. The van der Waals surface area contributed by atoms with Crippen LogP contribution in [0.5, 0.6) is 0 Å². The molecule has 5 nitrogen and oxygen atoms in total. The minimum Gasteiger partial charge on any atom is -0.383 e. The predicted octanol–water partition coefficient (Wildman–Crippen LogP) is 1.84. The van der Waals surface area contributed by atoms with Crippen LogP contribution in [0.3, 0.4) is 0 Å². The molecule has 0 spiro atoms. The van der Waals surface area contributed by atoms with E-state index in [0.29, 0.717) is 6.61 Å². The van der Waals surface area contributed by atoms with Crippen molar-refractivity contribution in [2.45, 2.75) is 45.8 Å². The van der Waals surface area contributed by atoms with Gasteiger partial charge in [0.15, 0.2) is 0 Å². The summed E-state index contributed by atoms with van der Waals surface area (Å²) in [6, 6.07) is 0.276. The fourth-order valence-corrected chi connectivity index (χ4v) is 1.56. The zero-order chi connectivity index (χ0) is 14.5. The molecule has 108 valence electrons. The number of anilines is 1. The van der Waals surface area contributed by atoms with Crippen molar-refractivity contribution in [3.8, 4) is 0 Å². The van der Waals surface area contributed by atoms with Crippen molar-refractivity contribution in [1.82, 2.24) is 15.3 Å². The summed E-state index contributed by atoms with van der Waals surface area (Å²) in [6.07, 6.45) is 3.63. The number of hydrogen-bond donors (Lipinski definition) is 1. The van der Waals surface area contributed by atoms with Crippen LogP contribution in [0, 0.1) is 0 Å². The molecular weight excluding hydrogens is 240 g/mol. The summed E-state index contributed by atoms with van der Waals surface area (Å²) in [6.45, 7) is 9.90. The van der Waals surface area contributed by atoms with E-state index in [9.17, 15) is 0 Å². The minimum atomic E-state index is 0.0874. The van der Waals surface area contributed by atoms with Crippen LogP contribution in [-0.4, -0.2) is 42.3 Å². The van der Waals surface area contributed by atoms with E-state index < -0.39 is 0 Å². The molecule has 5 heteroatoms. The highest BCUT2D eigenvalue weighted by Gasteiger charge is 2.12. The molecule has 0 aromatic carbocycles. The average Bonchev–Trinajstić information content (AvgIpc) is 2.35. The van der Waals surface area contributed by atoms with Crippen molar-refractivity contribution < 1.29 is 4.74 Å². The highest BCUT2D eigenvalue weighted by Crippen LogP contribution is 2.11. The number of rotatable bonds is 6. The first-order chi connectivity index (χ1) is 8.83. The van der Waals surface area contributed by atoms with Crippen LogP contribution in [-0.2, 0) is 11.3 Å². The lowest BCUT2D eigenvalue weighted by atomic mass is 10.1. The molecule has 1 N–H and O–H groups in total. The monoisotopic (exact) mass is 266 g/mol. The van der Waals surface area contributed by atoms with E-state index in [2.05, 4.69) is 47.9 Å². The van der Waals surface area contributed by atoms with Gasteiger partial charge in [0.05, 0.1) is 30.7 Å². The number of hydrogen-bond acceptors (Lipinski definition) is 5. The van der Waals surface area contributed by atoms with Crippen molar-refractivity contribution in [2.75, 3.05) is 25.7 Å². The first-order valence-electron chi connectivity index (χ1n) is 6.61. The van der Waals surface area contributed by atoms with Crippen LogP contribution >= 0.6 is 0 Å². The van der Waals surface area contributed by atoms with E-state index in [1.807, 2.05) is 19.4 Å². The number of likely N-dealkylation sites (N-methyl/N-ethyl adjacent to an activating group) is 1. The lowest BCUT2D eigenvalue weighted by Crippen LogP contribution is -2.35. The van der Waals surface area contributed by atoms with E-state index in [1.54, 1.807) is 7.11 Å². The Morgan fingerprint density at radius 1 is 1.32 bits per heavy atom. The Hall–Kier alpha value is -1.20. The fourth-order valence-electron chi connectivity index (χ4n) is 1.56. The van der Waals surface area contributed by atoms with Gasteiger partial charge in [-0.1, -0.05) is 0 Å². The van der Waals surface area contributed by atoms with Crippen molar-refractivity contribution in [3.05, 3.63) is 18.1 Å². The van der Waals surface area contributed by atoms with Crippen molar-refractivity contribution in [1.29, 1.82) is 0 Å². The third-order valence-corrected chi connectivity index (χ3v) is 2.92. The van der Waals surface area contributed by atoms with E-state index >= 15 is 0 Å². The zero-order valence-electron chi connectivity index (χ0n) is 12.9. The lowest BCUT2D eigenvalue weighted by Gasteiger charge is -2.25. The first-order valence-corrected chi connectivity index (χ1v) is 6.61. The Labute approximate surface area is 116 Å². The van der Waals surface area contributed by atoms with Gasteiger partial charge in [-0.3, -0.25) is 4.98 Å². The lowest BCUT2D eigenvalue weighted by molar-refractivity contribution is 0.183. The maximum absolute atomic E-state index is 5.15. The Bertz CT molecular complexity index is 372. The van der Waals surface area contributed by atoms with Crippen molar-refractivity contribution in [2.24, 2.45) is 0 Å². The molecular formula is C14H26N4O. The quantitative estimate of drug-likeness (QED) is 0.851. The zero-order valence-corrected chi connectivity index (χ0v) is 12.9. The van der Waals surface area contributed by atoms with Gasteiger partial charge < -0.3 is 15.0 Å². The van der Waals surface area contributed by atoms with E-state index in [0.717, 1.165) is 18.1 Å². The second-order valence-electron chi connectivity index (χ2n) is 5.88. The second-order valence-corrected chi connectivity index (χ2v) is 5.88. The summed E-state index contributed by atoms with van der Waals surface area (Å²) in [7, 11) is 3.71. The van der Waals surface area contributed by atoms with E-state index in [4.69, 9.17) is 4.74 Å². The van der Waals surface area contributed by atoms with Gasteiger partial charge in [-0.15, -0.1) is 0 Å². The molecule has 0 bridgehead atoms. The third kappa shape index (κ3) is 5.53. The smallest absolute Gasteiger partial charge is 0.147 e. The summed E-state index contributed by atoms with van der Waals surface area (Å²) < 4.78 is 5.15. The normalized spacial score (nSPS) is 13.4. The van der Waals surface area contributed by atoms with E-state index in [-0.39, 0.29) is 11.6 Å². The van der Waals surface area contributed by atoms with Crippen molar-refractivity contribution in [3.63, 3.8) is 0 Å². The average molecular weight is 266 g/mol. The Kier molecular flexibility index (Phi) is 5.69. The van der Waals surface area contributed by atoms with Gasteiger partial charge in [-0.2, -0.15) is 0 Å². The van der Waals surface area contributed by atoms with Crippen LogP contribution in [0.25, 0.3) is 0 Å². The molecule has 19 heavy (non-hydrogen) atoms. The molecule has 1 aromatic rings. The molecule has 1 atom stereocenters. The molecule has 0 fully saturated rings. The Morgan fingerprint density at radius 2 is 2.00 bits per heavy atom. The SMILES string of the molecule is COCC(C)N(C)c1cnc(CNC(C)(C)C)cn1. The molecule has 1 aromatic heterocycles. The molecule has 0 aliphatic carbocycles. The standard InChI is InChI=1S/C14H26N4O/c1-11(10-19-6)18(5)13-9-15-12(7-16-13)8-17-14(2,3)4/h7,9,11,17H,8,10H2,1-6H3. The maximum atomic E-state index is 5.15. The van der Waals surface area contributed by atoms with Crippen molar-refractivity contribution >= 4 is 5.82 Å². The number of ether oxygens (including phenoxy) is 1. The highest BCUT2D eigenvalue weighted by molar-refractivity contribution is 5.35. The highest BCUT2D eigenvalue weighted by atomic mass is 16.5. The van der Waals surface area contributed by atoms with E-state index in [1.165, 1.54) is 0 Å².